The molecule has 1 amide bonds. The molecule has 1 aromatic heterocycles. The highest BCUT2D eigenvalue weighted by molar-refractivity contribution is 6.29. The first-order chi connectivity index (χ1) is 6.19. The molecule has 1 aromatic rings. The zero-order chi connectivity index (χ0) is 9.84. The number of nitrogens with two attached hydrogens (primary N) is 1. The second-order valence-electron chi connectivity index (χ2n) is 2.16. The van der Waals surface area contributed by atoms with Gasteiger partial charge in [0.1, 0.15) is 10.9 Å². The lowest BCUT2D eigenvalue weighted by molar-refractivity contribution is 0.0945. The van der Waals surface area contributed by atoms with Gasteiger partial charge in [0.25, 0.3) is 5.91 Å². The second-order valence-corrected chi connectivity index (χ2v) is 2.55. The molecule has 0 saturated heterocycles. The molecule has 0 aliphatic carbocycles. The van der Waals surface area contributed by atoms with Crippen molar-refractivity contribution in [2.45, 2.75) is 0 Å². The molecular weight excluding hydrogens is 194 g/mol. The van der Waals surface area contributed by atoms with Crippen LogP contribution in [0.25, 0.3) is 0 Å². The zero-order valence-electron chi connectivity index (χ0n) is 6.87. The number of carbonyl (C=O) groups is 1. The number of nitrogens with zero attached hydrogens (tertiary/aromatic N) is 1. The van der Waals surface area contributed by atoms with Crippen molar-refractivity contribution in [2.24, 2.45) is 5.84 Å². The van der Waals surface area contributed by atoms with Crippen LogP contribution in [0.1, 0.15) is 10.5 Å². The Morgan fingerprint density at radius 3 is 2.92 bits per heavy atom. The van der Waals surface area contributed by atoms with Crippen molar-refractivity contribution < 1.29 is 9.53 Å². The van der Waals surface area contributed by atoms with Gasteiger partial charge in [-0.25, -0.2) is 10.8 Å². The summed E-state index contributed by atoms with van der Waals surface area (Å²) in [6.07, 6.45) is 0. The summed E-state index contributed by atoms with van der Waals surface area (Å²) >= 11 is 5.59. The highest BCUT2D eigenvalue weighted by atomic mass is 35.5. The quantitative estimate of drug-likeness (QED) is 0.313. The van der Waals surface area contributed by atoms with Gasteiger partial charge in [-0.2, -0.15) is 0 Å². The Balaban J connectivity index is 3.15. The van der Waals surface area contributed by atoms with Gasteiger partial charge >= 0.3 is 0 Å². The van der Waals surface area contributed by atoms with Gasteiger partial charge in [0.2, 0.25) is 0 Å². The van der Waals surface area contributed by atoms with E-state index in [1.54, 1.807) is 6.07 Å². The fraction of sp³-hybridized carbons (Fsp3) is 0.143. The van der Waals surface area contributed by atoms with Crippen LogP contribution < -0.4 is 16.0 Å². The van der Waals surface area contributed by atoms with Crippen molar-refractivity contribution in [1.82, 2.24) is 10.4 Å². The van der Waals surface area contributed by atoms with Crippen molar-refractivity contribution in [1.29, 1.82) is 0 Å². The molecule has 0 atom stereocenters. The predicted molar refractivity (Wildman–Crippen MR) is 47.5 cm³/mol. The summed E-state index contributed by atoms with van der Waals surface area (Å²) in [6, 6.07) is 3.06. The van der Waals surface area contributed by atoms with Crippen LogP contribution in [0.4, 0.5) is 0 Å². The minimum Gasteiger partial charge on any atom is -0.494 e. The first kappa shape index (κ1) is 9.76. The number of amides is 1. The van der Waals surface area contributed by atoms with Gasteiger partial charge in [0.05, 0.1) is 7.11 Å². The van der Waals surface area contributed by atoms with Crippen LogP contribution in [0.5, 0.6) is 5.75 Å². The first-order valence-electron chi connectivity index (χ1n) is 3.40. The van der Waals surface area contributed by atoms with Crippen molar-refractivity contribution in [3.05, 3.63) is 23.0 Å². The molecule has 3 N–H and O–H groups in total. The highest BCUT2D eigenvalue weighted by Gasteiger charge is 2.12. The highest BCUT2D eigenvalue weighted by Crippen LogP contribution is 2.18. The van der Waals surface area contributed by atoms with Crippen molar-refractivity contribution in [3.63, 3.8) is 0 Å². The smallest absolute Gasteiger partial charge is 0.287 e. The Labute approximate surface area is 79.8 Å². The molecule has 0 aromatic carbocycles. The number of hydrogen-bond donors (Lipinski definition) is 2. The van der Waals surface area contributed by atoms with Gasteiger partial charge in [0, 0.05) is 0 Å². The number of rotatable bonds is 2. The van der Waals surface area contributed by atoms with Gasteiger partial charge in [0.15, 0.2) is 5.69 Å². The number of ether oxygens (including phenoxy) is 1. The lowest BCUT2D eigenvalue weighted by Gasteiger charge is -2.05. The fourth-order valence-electron chi connectivity index (χ4n) is 0.818. The Morgan fingerprint density at radius 2 is 2.38 bits per heavy atom. The van der Waals surface area contributed by atoms with Crippen LogP contribution in [0.3, 0.4) is 0 Å². The molecular formula is C7H8ClN3O2. The summed E-state index contributed by atoms with van der Waals surface area (Å²) in [4.78, 5) is 14.9. The van der Waals surface area contributed by atoms with E-state index in [2.05, 4.69) is 4.98 Å². The minimum atomic E-state index is -0.542. The first-order valence-corrected chi connectivity index (χ1v) is 3.78. The van der Waals surface area contributed by atoms with Gasteiger partial charge in [-0.3, -0.25) is 10.2 Å². The number of nitrogens with one attached hydrogen (secondary N) is 1. The Bertz CT molecular complexity index is 330. The van der Waals surface area contributed by atoms with Crippen molar-refractivity contribution in [3.8, 4) is 5.75 Å². The lowest BCUT2D eigenvalue weighted by Crippen LogP contribution is -2.31. The van der Waals surface area contributed by atoms with Gasteiger partial charge < -0.3 is 4.74 Å². The third-order valence-electron chi connectivity index (χ3n) is 1.39. The average molecular weight is 202 g/mol. The van der Waals surface area contributed by atoms with E-state index in [0.29, 0.717) is 5.75 Å². The predicted octanol–water partition coefficient (Wildman–Crippen LogP) is 0.347. The summed E-state index contributed by atoms with van der Waals surface area (Å²) in [5.74, 6) is 4.72. The third kappa shape index (κ3) is 2.07. The number of hydrazine groups is 1. The van der Waals surface area contributed by atoms with Crippen LogP contribution >= 0.6 is 11.6 Å². The van der Waals surface area contributed by atoms with E-state index in [1.165, 1.54) is 13.2 Å². The maximum atomic E-state index is 11.1. The molecule has 6 heteroatoms. The van der Waals surface area contributed by atoms with E-state index in [0.717, 1.165) is 0 Å². The molecule has 13 heavy (non-hydrogen) atoms. The van der Waals surface area contributed by atoms with Crippen LogP contribution in [-0.4, -0.2) is 18.0 Å². The molecule has 0 aliphatic heterocycles. The normalized spacial score (nSPS) is 9.46. The number of hydrogen-bond acceptors (Lipinski definition) is 4. The number of methoxy groups -OCH3 is 1. The van der Waals surface area contributed by atoms with Gasteiger partial charge in [-0.15, -0.1) is 0 Å². The summed E-state index contributed by atoms with van der Waals surface area (Å²) in [6.45, 7) is 0. The number of nitrogen functional groups attached to an aromatic ring is 1. The largest absolute Gasteiger partial charge is 0.494 e. The Morgan fingerprint density at radius 1 is 1.69 bits per heavy atom. The number of carbonyl (C=O) groups excluding carboxylic acids is 1. The topological polar surface area (TPSA) is 77.2 Å². The van der Waals surface area contributed by atoms with E-state index < -0.39 is 5.91 Å². The Kier molecular flexibility index (Phi) is 3.05. The molecule has 0 unspecified atom stereocenters. The van der Waals surface area contributed by atoms with Crippen LogP contribution in [0.15, 0.2) is 12.1 Å². The summed E-state index contributed by atoms with van der Waals surface area (Å²) in [5.41, 5.74) is 2.01. The maximum absolute atomic E-state index is 11.1. The SMILES string of the molecule is COc1ccc(Cl)nc1C(=O)NN. The standard InChI is InChI=1S/C7H8ClN3O2/c1-13-4-2-3-5(8)10-6(4)7(12)11-9/h2-3H,9H2,1H3,(H,11,12). The molecule has 1 rings (SSSR count). The molecule has 1 heterocycles. The molecule has 0 saturated carbocycles. The number of halogens is 1. The van der Waals surface area contributed by atoms with Crippen molar-refractivity contribution in [2.75, 3.05) is 7.11 Å². The second kappa shape index (κ2) is 4.06. The molecule has 0 bridgehead atoms. The number of aromatic nitrogens is 1. The minimum absolute atomic E-state index is 0.0671. The van der Waals surface area contributed by atoms with Crippen LogP contribution in [-0.2, 0) is 0 Å². The summed E-state index contributed by atoms with van der Waals surface area (Å²) in [5, 5.41) is 0.208. The van der Waals surface area contributed by atoms with E-state index in [-0.39, 0.29) is 10.8 Å². The Hall–Kier alpha value is -1.33. The lowest BCUT2D eigenvalue weighted by atomic mass is 10.3. The molecule has 70 valence electrons. The van der Waals surface area contributed by atoms with Crippen LogP contribution in [0.2, 0.25) is 5.15 Å². The molecule has 0 fully saturated rings. The molecule has 0 spiro atoms. The van der Waals surface area contributed by atoms with Gasteiger partial charge in [-0.05, 0) is 12.1 Å². The summed E-state index contributed by atoms with van der Waals surface area (Å²) < 4.78 is 4.89. The fourth-order valence-corrected chi connectivity index (χ4v) is 0.966. The van der Waals surface area contributed by atoms with Crippen LogP contribution in [0, 0.1) is 0 Å². The van der Waals surface area contributed by atoms with E-state index in [9.17, 15) is 4.79 Å². The monoisotopic (exact) mass is 201 g/mol. The van der Waals surface area contributed by atoms with Gasteiger partial charge in [-0.1, -0.05) is 11.6 Å². The molecule has 0 aliphatic rings. The molecule has 5 nitrogen and oxygen atoms in total. The zero-order valence-corrected chi connectivity index (χ0v) is 7.63. The van der Waals surface area contributed by atoms with E-state index in [4.69, 9.17) is 22.2 Å². The van der Waals surface area contributed by atoms with E-state index in [1.807, 2.05) is 5.43 Å². The maximum Gasteiger partial charge on any atom is 0.287 e. The van der Waals surface area contributed by atoms with Crippen molar-refractivity contribution >= 4 is 17.5 Å². The van der Waals surface area contributed by atoms with E-state index >= 15 is 0 Å². The third-order valence-corrected chi connectivity index (χ3v) is 1.60. The molecule has 0 radical (unpaired) electrons. The summed E-state index contributed by atoms with van der Waals surface area (Å²) in [7, 11) is 1.43. The average Bonchev–Trinajstić information content (AvgIpc) is 2.16. The number of pyridine rings is 1.